The topological polar surface area (TPSA) is 106 Å². The van der Waals surface area contributed by atoms with Crippen LogP contribution in [0.5, 0.6) is 0 Å². The second-order valence-corrected chi connectivity index (χ2v) is 7.52. The number of carbonyl (C=O) groups excluding carboxylic acids is 1. The summed E-state index contributed by atoms with van der Waals surface area (Å²) in [7, 11) is 1.66. The number of nitrogens with zero attached hydrogens (tertiary/aromatic N) is 4. The molecule has 0 aromatic carbocycles. The van der Waals surface area contributed by atoms with E-state index < -0.39 is 0 Å². The molecule has 0 bridgehead atoms. The minimum Gasteiger partial charge on any atom is -0.353 e. The Morgan fingerprint density at radius 3 is 2.96 bits per heavy atom. The van der Waals surface area contributed by atoms with E-state index >= 15 is 0 Å². The molecule has 4 heterocycles. The van der Waals surface area contributed by atoms with Crippen LogP contribution < -0.4 is 21.9 Å². The summed E-state index contributed by atoms with van der Waals surface area (Å²) in [5.74, 6) is 0.401. The molecule has 3 N–H and O–H groups in total. The van der Waals surface area contributed by atoms with Gasteiger partial charge in [-0.25, -0.2) is 20.3 Å². The summed E-state index contributed by atoms with van der Waals surface area (Å²) in [4.78, 5) is 30.2. The zero-order chi connectivity index (χ0) is 19.5. The van der Waals surface area contributed by atoms with Crippen LogP contribution >= 0.6 is 11.3 Å². The van der Waals surface area contributed by atoms with Gasteiger partial charge in [0.2, 0.25) is 5.91 Å². The van der Waals surface area contributed by atoms with E-state index in [0.29, 0.717) is 31.0 Å². The average molecular weight is 399 g/mol. The Hall–Kier alpha value is -2.82. The van der Waals surface area contributed by atoms with Crippen molar-refractivity contribution in [3.05, 3.63) is 57.3 Å². The van der Waals surface area contributed by atoms with Crippen LogP contribution in [0.3, 0.4) is 0 Å². The van der Waals surface area contributed by atoms with E-state index in [2.05, 4.69) is 32.3 Å². The quantitative estimate of drug-likeness (QED) is 0.555. The highest BCUT2D eigenvalue weighted by molar-refractivity contribution is 7.10. The van der Waals surface area contributed by atoms with Gasteiger partial charge in [-0.2, -0.15) is 0 Å². The Labute approximate surface area is 165 Å². The van der Waals surface area contributed by atoms with Crippen LogP contribution in [0.2, 0.25) is 0 Å². The molecule has 0 aliphatic carbocycles. The van der Waals surface area contributed by atoms with Gasteiger partial charge >= 0.3 is 5.69 Å². The molecular formula is C18H21N7O2S. The number of amides is 1. The number of pyridine rings is 1. The first-order valence-corrected chi connectivity index (χ1v) is 9.89. The summed E-state index contributed by atoms with van der Waals surface area (Å²) in [5, 5.41) is 9.24. The van der Waals surface area contributed by atoms with Crippen molar-refractivity contribution in [2.45, 2.75) is 25.0 Å². The average Bonchev–Trinajstić information content (AvgIpc) is 3.45. The first-order valence-electron chi connectivity index (χ1n) is 9.01. The number of hydrogen-bond donors (Lipinski definition) is 3. The van der Waals surface area contributed by atoms with Gasteiger partial charge in [-0.1, -0.05) is 12.1 Å². The number of hydrogen-bond acceptors (Lipinski definition) is 7. The summed E-state index contributed by atoms with van der Waals surface area (Å²) in [6, 6.07) is 9.33. The van der Waals surface area contributed by atoms with Crippen LogP contribution in [-0.2, 0) is 18.4 Å². The largest absolute Gasteiger partial charge is 0.353 e. The Kier molecular flexibility index (Phi) is 5.33. The van der Waals surface area contributed by atoms with Crippen LogP contribution in [0.15, 0.2) is 46.7 Å². The third-order valence-corrected chi connectivity index (χ3v) is 5.65. The van der Waals surface area contributed by atoms with E-state index in [9.17, 15) is 9.59 Å². The number of hydrazine groups is 1. The molecule has 3 aromatic heterocycles. The fourth-order valence-corrected chi connectivity index (χ4v) is 3.95. The lowest BCUT2D eigenvalue weighted by Crippen LogP contribution is -2.44. The van der Waals surface area contributed by atoms with Crippen molar-refractivity contribution in [3.63, 3.8) is 0 Å². The van der Waals surface area contributed by atoms with Crippen LogP contribution in [0, 0.1) is 0 Å². The molecule has 0 saturated carbocycles. The minimum absolute atomic E-state index is 0.0968. The first kappa shape index (κ1) is 18.5. The predicted molar refractivity (Wildman–Crippen MR) is 105 cm³/mol. The molecule has 1 fully saturated rings. The summed E-state index contributed by atoms with van der Waals surface area (Å²) in [6.45, 7) is 0.610. The number of aromatic nitrogens is 4. The fraction of sp³-hybridized carbons (Fsp3) is 0.333. The molecule has 1 aliphatic heterocycles. The Morgan fingerprint density at radius 2 is 2.21 bits per heavy atom. The Bertz CT molecular complexity index is 997. The molecule has 10 heteroatoms. The van der Waals surface area contributed by atoms with Crippen LogP contribution in [0.25, 0.3) is 11.5 Å². The van der Waals surface area contributed by atoms with E-state index in [0.717, 1.165) is 0 Å². The Morgan fingerprint density at radius 1 is 1.32 bits per heavy atom. The maximum atomic E-state index is 12.4. The molecular weight excluding hydrogens is 378 g/mol. The SMILES string of the molecule is Cn1c(-c2ccccn2)nn(CCNC(=O)C2CC(c3cccs3)NN2)c1=O. The van der Waals surface area contributed by atoms with Crippen molar-refractivity contribution in [2.24, 2.45) is 7.05 Å². The van der Waals surface area contributed by atoms with Gasteiger partial charge in [0.25, 0.3) is 0 Å². The molecule has 0 spiro atoms. The molecule has 9 nitrogen and oxygen atoms in total. The van der Waals surface area contributed by atoms with Crippen LogP contribution in [0.1, 0.15) is 17.3 Å². The van der Waals surface area contributed by atoms with Gasteiger partial charge in [0.05, 0.1) is 12.6 Å². The lowest BCUT2D eigenvalue weighted by molar-refractivity contribution is -0.122. The number of rotatable bonds is 6. The van der Waals surface area contributed by atoms with Crippen LogP contribution in [0.4, 0.5) is 0 Å². The van der Waals surface area contributed by atoms with Gasteiger partial charge in [0.15, 0.2) is 5.82 Å². The second-order valence-electron chi connectivity index (χ2n) is 6.54. The molecule has 1 aliphatic rings. The standard InChI is InChI=1S/C18H21N7O2S/c1-24-16(12-5-2-3-7-19-12)23-25(18(24)27)9-8-20-17(26)14-11-13(21-22-14)15-6-4-10-28-15/h2-7,10,13-14,21-22H,8-9,11H2,1H3,(H,20,26). The molecule has 0 radical (unpaired) electrons. The van der Waals surface area contributed by atoms with Crippen molar-refractivity contribution in [2.75, 3.05) is 6.54 Å². The van der Waals surface area contributed by atoms with Gasteiger partial charge in [0, 0.05) is 24.7 Å². The lowest BCUT2D eigenvalue weighted by atomic mass is 10.1. The van der Waals surface area contributed by atoms with Crippen molar-refractivity contribution in [3.8, 4) is 11.5 Å². The third-order valence-electron chi connectivity index (χ3n) is 4.66. The molecule has 146 valence electrons. The Balaban J connectivity index is 1.33. The molecule has 1 amide bonds. The molecule has 2 unspecified atom stereocenters. The minimum atomic E-state index is -0.309. The molecule has 1 saturated heterocycles. The van der Waals surface area contributed by atoms with Gasteiger partial charge in [0.1, 0.15) is 11.7 Å². The highest BCUT2D eigenvalue weighted by Gasteiger charge is 2.30. The van der Waals surface area contributed by atoms with E-state index in [1.807, 2.05) is 23.6 Å². The number of carbonyl (C=O) groups is 1. The fourth-order valence-electron chi connectivity index (χ4n) is 3.16. The van der Waals surface area contributed by atoms with Gasteiger partial charge in [-0.3, -0.25) is 14.3 Å². The smallest absolute Gasteiger partial charge is 0.346 e. The predicted octanol–water partition coefficient (Wildman–Crippen LogP) is 0.429. The van der Waals surface area contributed by atoms with Crippen LogP contribution in [-0.4, -0.2) is 37.8 Å². The molecule has 4 rings (SSSR count). The molecule has 28 heavy (non-hydrogen) atoms. The maximum Gasteiger partial charge on any atom is 0.346 e. The van der Waals surface area contributed by atoms with Crippen molar-refractivity contribution < 1.29 is 4.79 Å². The van der Waals surface area contributed by atoms with Crippen molar-refractivity contribution in [1.29, 1.82) is 0 Å². The van der Waals surface area contributed by atoms with E-state index in [1.54, 1.807) is 30.6 Å². The van der Waals surface area contributed by atoms with E-state index in [1.165, 1.54) is 14.1 Å². The molecule has 2 atom stereocenters. The normalized spacial score (nSPS) is 19.0. The monoisotopic (exact) mass is 399 g/mol. The van der Waals surface area contributed by atoms with Crippen molar-refractivity contribution >= 4 is 17.2 Å². The molecule has 3 aromatic rings. The second kappa shape index (κ2) is 8.05. The lowest BCUT2D eigenvalue weighted by Gasteiger charge is -2.10. The van der Waals surface area contributed by atoms with Crippen molar-refractivity contribution in [1.82, 2.24) is 35.5 Å². The number of thiophene rings is 1. The summed E-state index contributed by atoms with van der Waals surface area (Å²) in [6.07, 6.45) is 2.34. The van der Waals surface area contributed by atoms with Gasteiger partial charge in [-0.15, -0.1) is 16.4 Å². The number of nitrogens with one attached hydrogen (secondary N) is 3. The summed E-state index contributed by atoms with van der Waals surface area (Å²) < 4.78 is 2.80. The summed E-state index contributed by atoms with van der Waals surface area (Å²) >= 11 is 1.66. The highest BCUT2D eigenvalue weighted by Crippen LogP contribution is 2.25. The highest BCUT2D eigenvalue weighted by atomic mass is 32.1. The van der Waals surface area contributed by atoms with Gasteiger partial charge in [-0.05, 0) is 30.0 Å². The first-order chi connectivity index (χ1) is 13.6. The maximum absolute atomic E-state index is 12.4. The zero-order valence-corrected chi connectivity index (χ0v) is 16.1. The van der Waals surface area contributed by atoms with E-state index in [-0.39, 0.29) is 23.7 Å². The summed E-state index contributed by atoms with van der Waals surface area (Å²) in [5.41, 5.74) is 6.58. The zero-order valence-electron chi connectivity index (χ0n) is 15.3. The van der Waals surface area contributed by atoms with E-state index in [4.69, 9.17) is 0 Å². The van der Waals surface area contributed by atoms with Gasteiger partial charge < -0.3 is 5.32 Å². The third kappa shape index (κ3) is 3.75.